The second-order valence-electron chi connectivity index (χ2n) is 7.10. The zero-order chi connectivity index (χ0) is 20.1. The van der Waals surface area contributed by atoms with E-state index in [1.165, 1.54) is 21.2 Å². The van der Waals surface area contributed by atoms with E-state index in [0.29, 0.717) is 6.54 Å². The van der Waals surface area contributed by atoms with Crippen molar-refractivity contribution in [3.05, 3.63) is 53.4 Å². The molecule has 1 fully saturated rings. The predicted octanol–water partition coefficient (Wildman–Crippen LogP) is 3.92. The van der Waals surface area contributed by atoms with Gasteiger partial charge in [0.2, 0.25) is 0 Å². The zero-order valence-corrected chi connectivity index (χ0v) is 17.5. The highest BCUT2D eigenvalue weighted by atomic mass is 32.1. The molecule has 1 N–H and O–H groups in total. The lowest BCUT2D eigenvalue weighted by molar-refractivity contribution is -0.123. The molecule has 2 heterocycles. The lowest BCUT2D eigenvalue weighted by atomic mass is 10.0. The molecule has 6 heteroatoms. The Morgan fingerprint density at radius 3 is 2.86 bits per heavy atom. The lowest BCUT2D eigenvalue weighted by Crippen LogP contribution is -2.35. The van der Waals surface area contributed by atoms with E-state index in [9.17, 15) is 4.79 Å². The van der Waals surface area contributed by atoms with Gasteiger partial charge in [0.05, 0.1) is 13.2 Å². The number of carbonyl (C=O) groups excluding carboxylic acids is 1. The number of hydrogen-bond donors (Lipinski definition) is 1. The number of amides is 1. The van der Waals surface area contributed by atoms with Gasteiger partial charge in [-0.05, 0) is 36.1 Å². The van der Waals surface area contributed by atoms with Crippen LogP contribution < -0.4 is 10.1 Å². The molecular formula is C23H26N2O3S. The van der Waals surface area contributed by atoms with E-state index in [0.717, 1.165) is 44.2 Å². The monoisotopic (exact) mass is 410 g/mol. The number of ether oxygens (including phenoxy) is 2. The molecule has 0 atom stereocenters. The second kappa shape index (κ2) is 9.39. The first kappa shape index (κ1) is 19.9. The van der Waals surface area contributed by atoms with Crippen molar-refractivity contribution in [2.24, 2.45) is 0 Å². The van der Waals surface area contributed by atoms with Crippen LogP contribution in [0.2, 0.25) is 0 Å². The van der Waals surface area contributed by atoms with Crippen molar-refractivity contribution < 1.29 is 14.3 Å². The van der Waals surface area contributed by atoms with E-state index in [2.05, 4.69) is 52.0 Å². The number of nitrogens with one attached hydrogen (secondary N) is 1. The molecule has 0 radical (unpaired) electrons. The third-order valence-electron chi connectivity index (χ3n) is 5.08. The summed E-state index contributed by atoms with van der Waals surface area (Å²) in [6.07, 6.45) is 0. The molecule has 2 aromatic carbocycles. The highest BCUT2D eigenvalue weighted by Crippen LogP contribution is 2.36. The number of nitrogens with zero attached hydrogens (tertiary/aromatic N) is 1. The van der Waals surface area contributed by atoms with Crippen molar-refractivity contribution in [3.63, 3.8) is 0 Å². The van der Waals surface area contributed by atoms with Crippen LogP contribution in [0.5, 0.6) is 5.75 Å². The molecule has 0 aliphatic carbocycles. The van der Waals surface area contributed by atoms with E-state index in [1.807, 2.05) is 13.0 Å². The van der Waals surface area contributed by atoms with Gasteiger partial charge in [0, 0.05) is 47.4 Å². The van der Waals surface area contributed by atoms with E-state index in [1.54, 1.807) is 11.3 Å². The highest BCUT2D eigenvalue weighted by Gasteiger charge is 2.16. The van der Waals surface area contributed by atoms with Crippen molar-refractivity contribution >= 4 is 27.3 Å². The third-order valence-corrected chi connectivity index (χ3v) is 6.05. The molecule has 4 rings (SSSR count). The number of fused-ring (bicyclic) bond motifs is 1. The highest BCUT2D eigenvalue weighted by molar-refractivity contribution is 7.17. The molecule has 1 amide bonds. The SMILES string of the molecule is CCNC(=O)COc1ccc(-c2csc3ccccc23)cc1CN1CCOCC1. The van der Waals surface area contributed by atoms with E-state index in [-0.39, 0.29) is 12.5 Å². The van der Waals surface area contributed by atoms with Gasteiger partial charge in [0.15, 0.2) is 6.61 Å². The Bertz CT molecular complexity index is 979. The molecular weight excluding hydrogens is 384 g/mol. The van der Waals surface area contributed by atoms with Crippen molar-refractivity contribution in [1.29, 1.82) is 0 Å². The number of carbonyl (C=O) groups is 1. The Hall–Kier alpha value is -2.41. The smallest absolute Gasteiger partial charge is 0.257 e. The van der Waals surface area contributed by atoms with Crippen LogP contribution in [0.3, 0.4) is 0 Å². The summed E-state index contributed by atoms with van der Waals surface area (Å²) in [6.45, 7) is 6.64. The summed E-state index contributed by atoms with van der Waals surface area (Å²) in [6, 6.07) is 14.8. The molecule has 29 heavy (non-hydrogen) atoms. The molecule has 0 spiro atoms. The molecule has 1 aliphatic rings. The van der Waals surface area contributed by atoms with Crippen molar-refractivity contribution in [3.8, 4) is 16.9 Å². The number of hydrogen-bond acceptors (Lipinski definition) is 5. The van der Waals surface area contributed by atoms with Gasteiger partial charge in [-0.1, -0.05) is 24.3 Å². The Labute approximate surface area is 175 Å². The Kier molecular flexibility index (Phi) is 6.44. The maximum atomic E-state index is 11.9. The fourth-order valence-electron chi connectivity index (χ4n) is 3.60. The molecule has 5 nitrogen and oxygen atoms in total. The first-order valence-electron chi connectivity index (χ1n) is 10.0. The first-order valence-corrected chi connectivity index (χ1v) is 10.9. The lowest BCUT2D eigenvalue weighted by Gasteiger charge is -2.27. The maximum absolute atomic E-state index is 11.9. The van der Waals surface area contributed by atoms with Crippen LogP contribution in [0, 0.1) is 0 Å². The van der Waals surface area contributed by atoms with Crippen LogP contribution in [0.4, 0.5) is 0 Å². The van der Waals surface area contributed by atoms with Gasteiger partial charge < -0.3 is 14.8 Å². The first-order chi connectivity index (χ1) is 14.2. The van der Waals surface area contributed by atoms with Crippen molar-refractivity contribution in [2.75, 3.05) is 39.5 Å². The number of benzene rings is 2. The predicted molar refractivity (Wildman–Crippen MR) is 118 cm³/mol. The van der Waals surface area contributed by atoms with Crippen molar-refractivity contribution in [2.45, 2.75) is 13.5 Å². The topological polar surface area (TPSA) is 50.8 Å². The van der Waals surface area contributed by atoms with Gasteiger partial charge in [-0.25, -0.2) is 0 Å². The summed E-state index contributed by atoms with van der Waals surface area (Å²) in [7, 11) is 0. The molecule has 0 saturated carbocycles. The summed E-state index contributed by atoms with van der Waals surface area (Å²) < 4.78 is 12.7. The normalized spacial score (nSPS) is 14.8. The maximum Gasteiger partial charge on any atom is 0.257 e. The van der Waals surface area contributed by atoms with Gasteiger partial charge in [-0.2, -0.15) is 0 Å². The second-order valence-corrected chi connectivity index (χ2v) is 8.01. The fourth-order valence-corrected chi connectivity index (χ4v) is 4.57. The molecule has 3 aromatic rings. The van der Waals surface area contributed by atoms with Crippen LogP contribution in [0.25, 0.3) is 21.2 Å². The van der Waals surface area contributed by atoms with Gasteiger partial charge in [0.25, 0.3) is 5.91 Å². The van der Waals surface area contributed by atoms with E-state index >= 15 is 0 Å². The minimum absolute atomic E-state index is 0.0324. The summed E-state index contributed by atoms with van der Waals surface area (Å²) in [4.78, 5) is 14.2. The zero-order valence-electron chi connectivity index (χ0n) is 16.6. The molecule has 0 unspecified atom stereocenters. The van der Waals surface area contributed by atoms with Crippen LogP contribution in [0.1, 0.15) is 12.5 Å². The standard InChI is InChI=1S/C23H26N2O3S/c1-2-24-23(26)15-28-21-8-7-17(13-18(21)14-25-9-11-27-12-10-25)20-16-29-22-6-4-3-5-19(20)22/h3-8,13,16H,2,9-12,14-15H2,1H3,(H,24,26). The van der Waals surface area contributed by atoms with Crippen LogP contribution in [0.15, 0.2) is 47.8 Å². The number of morpholine rings is 1. The molecule has 0 bridgehead atoms. The van der Waals surface area contributed by atoms with E-state index < -0.39 is 0 Å². The minimum atomic E-state index is -0.0993. The van der Waals surface area contributed by atoms with Gasteiger partial charge >= 0.3 is 0 Å². The fraction of sp³-hybridized carbons (Fsp3) is 0.348. The average Bonchev–Trinajstić information content (AvgIpc) is 3.18. The summed E-state index contributed by atoms with van der Waals surface area (Å²) in [5, 5.41) is 6.27. The average molecular weight is 411 g/mol. The largest absolute Gasteiger partial charge is 0.483 e. The van der Waals surface area contributed by atoms with Crippen LogP contribution in [-0.2, 0) is 16.1 Å². The minimum Gasteiger partial charge on any atom is -0.483 e. The Morgan fingerprint density at radius 2 is 2.03 bits per heavy atom. The Balaban J connectivity index is 1.63. The van der Waals surface area contributed by atoms with Gasteiger partial charge in [-0.15, -0.1) is 11.3 Å². The quantitative estimate of drug-likeness (QED) is 0.642. The molecule has 152 valence electrons. The Morgan fingerprint density at radius 1 is 1.21 bits per heavy atom. The molecule has 1 aromatic heterocycles. The summed E-state index contributed by atoms with van der Waals surface area (Å²) >= 11 is 1.76. The summed E-state index contributed by atoms with van der Waals surface area (Å²) in [5.74, 6) is 0.670. The van der Waals surface area contributed by atoms with Crippen LogP contribution >= 0.6 is 11.3 Å². The van der Waals surface area contributed by atoms with Crippen LogP contribution in [-0.4, -0.2) is 50.3 Å². The van der Waals surface area contributed by atoms with Crippen molar-refractivity contribution in [1.82, 2.24) is 10.2 Å². The number of likely N-dealkylation sites (N-methyl/N-ethyl adjacent to an activating group) is 1. The molecule has 1 aliphatic heterocycles. The number of rotatable bonds is 7. The molecule has 1 saturated heterocycles. The number of thiophene rings is 1. The van der Waals surface area contributed by atoms with E-state index in [4.69, 9.17) is 9.47 Å². The van der Waals surface area contributed by atoms with Gasteiger partial charge in [-0.3, -0.25) is 9.69 Å². The third kappa shape index (κ3) is 4.78. The van der Waals surface area contributed by atoms with Gasteiger partial charge in [0.1, 0.15) is 5.75 Å². The summed E-state index contributed by atoms with van der Waals surface area (Å²) in [5.41, 5.74) is 3.52.